The molecule has 0 aliphatic carbocycles. The van der Waals surface area contributed by atoms with Crippen molar-refractivity contribution in [2.45, 2.75) is 5.75 Å². The summed E-state index contributed by atoms with van der Waals surface area (Å²) in [6.07, 6.45) is 0. The molecule has 1 rings (SSSR count). The van der Waals surface area contributed by atoms with Crippen molar-refractivity contribution in [1.29, 1.82) is 0 Å². The van der Waals surface area contributed by atoms with Gasteiger partial charge in [0.2, 0.25) is 0 Å². The van der Waals surface area contributed by atoms with Crippen molar-refractivity contribution in [2.75, 3.05) is 5.75 Å². The first-order chi connectivity index (χ1) is 7.50. The van der Waals surface area contributed by atoms with Gasteiger partial charge in [0.05, 0.1) is 10.7 Å². The van der Waals surface area contributed by atoms with Crippen LogP contribution in [0.3, 0.4) is 0 Å². The SMILES string of the molecule is O=C(O)CSCc1cc(Cl)ccc1[N+](=O)[O-]. The third-order valence-corrected chi connectivity index (χ3v) is 2.92. The number of thioether (sulfide) groups is 1. The van der Waals surface area contributed by atoms with Gasteiger partial charge in [-0.25, -0.2) is 0 Å². The van der Waals surface area contributed by atoms with Crippen molar-refractivity contribution in [3.8, 4) is 0 Å². The second-order valence-electron chi connectivity index (χ2n) is 2.92. The highest BCUT2D eigenvalue weighted by Crippen LogP contribution is 2.26. The molecule has 1 aromatic rings. The number of aliphatic carboxylic acids is 1. The summed E-state index contributed by atoms with van der Waals surface area (Å²) in [7, 11) is 0. The minimum atomic E-state index is -0.949. The predicted octanol–water partition coefficient (Wildman–Crippen LogP) is 2.57. The van der Waals surface area contributed by atoms with Gasteiger partial charge in [0.25, 0.3) is 5.69 Å². The summed E-state index contributed by atoms with van der Waals surface area (Å²) >= 11 is 6.81. The number of nitro groups is 1. The summed E-state index contributed by atoms with van der Waals surface area (Å²) in [6, 6.07) is 4.23. The number of rotatable bonds is 5. The highest BCUT2D eigenvalue weighted by Gasteiger charge is 2.14. The quantitative estimate of drug-likeness (QED) is 0.651. The molecular formula is C9H8ClNO4S. The topological polar surface area (TPSA) is 80.4 Å². The van der Waals surface area contributed by atoms with Crippen molar-refractivity contribution in [3.05, 3.63) is 38.9 Å². The molecule has 0 saturated carbocycles. The molecule has 16 heavy (non-hydrogen) atoms. The van der Waals surface area contributed by atoms with Crippen molar-refractivity contribution in [2.24, 2.45) is 0 Å². The fourth-order valence-corrected chi connectivity index (χ4v) is 2.02. The number of halogens is 1. The van der Waals surface area contributed by atoms with Crippen LogP contribution in [-0.2, 0) is 10.5 Å². The third-order valence-electron chi connectivity index (χ3n) is 1.72. The van der Waals surface area contributed by atoms with E-state index in [9.17, 15) is 14.9 Å². The fourth-order valence-electron chi connectivity index (χ4n) is 1.10. The lowest BCUT2D eigenvalue weighted by Gasteiger charge is -2.02. The van der Waals surface area contributed by atoms with E-state index in [2.05, 4.69) is 0 Å². The molecule has 0 spiro atoms. The van der Waals surface area contributed by atoms with Crippen LogP contribution in [0.4, 0.5) is 5.69 Å². The van der Waals surface area contributed by atoms with Gasteiger partial charge in [-0.1, -0.05) is 11.6 Å². The van der Waals surface area contributed by atoms with Crippen LogP contribution >= 0.6 is 23.4 Å². The van der Waals surface area contributed by atoms with Gasteiger partial charge in [-0.3, -0.25) is 14.9 Å². The summed E-state index contributed by atoms with van der Waals surface area (Å²) in [5, 5.41) is 19.5. The van der Waals surface area contributed by atoms with Gasteiger partial charge in [-0.2, -0.15) is 0 Å². The Balaban J connectivity index is 2.80. The number of carbonyl (C=O) groups is 1. The number of nitro benzene ring substituents is 1. The zero-order chi connectivity index (χ0) is 12.1. The Morgan fingerprint density at radius 1 is 1.56 bits per heavy atom. The van der Waals surface area contributed by atoms with Gasteiger partial charge in [0.15, 0.2) is 0 Å². The molecular weight excluding hydrogens is 254 g/mol. The van der Waals surface area contributed by atoms with Gasteiger partial charge < -0.3 is 5.11 Å². The number of hydrogen-bond donors (Lipinski definition) is 1. The molecule has 1 aromatic carbocycles. The predicted molar refractivity (Wildman–Crippen MR) is 61.9 cm³/mol. The van der Waals surface area contributed by atoms with Crippen LogP contribution in [0.25, 0.3) is 0 Å². The Morgan fingerprint density at radius 2 is 2.25 bits per heavy atom. The largest absolute Gasteiger partial charge is 0.481 e. The highest BCUT2D eigenvalue weighted by molar-refractivity contribution is 7.99. The van der Waals surface area contributed by atoms with Crippen LogP contribution in [0.2, 0.25) is 5.02 Å². The first-order valence-corrected chi connectivity index (χ1v) is 5.76. The van der Waals surface area contributed by atoms with Gasteiger partial charge >= 0.3 is 5.97 Å². The number of hydrogen-bond acceptors (Lipinski definition) is 4. The standard InChI is InChI=1S/C9H8ClNO4S/c10-7-1-2-8(11(14)15)6(3-7)4-16-5-9(12)13/h1-3H,4-5H2,(H,12,13). The van der Waals surface area contributed by atoms with E-state index in [4.69, 9.17) is 16.7 Å². The molecule has 0 saturated heterocycles. The van der Waals surface area contributed by atoms with Crippen molar-refractivity contribution in [3.63, 3.8) is 0 Å². The zero-order valence-corrected chi connectivity index (χ0v) is 9.62. The highest BCUT2D eigenvalue weighted by atomic mass is 35.5. The second-order valence-corrected chi connectivity index (χ2v) is 4.34. The molecule has 0 fully saturated rings. The van der Waals surface area contributed by atoms with Gasteiger partial charge in [-0.15, -0.1) is 11.8 Å². The maximum Gasteiger partial charge on any atom is 0.313 e. The number of carboxylic acids is 1. The lowest BCUT2D eigenvalue weighted by molar-refractivity contribution is -0.385. The molecule has 0 amide bonds. The average molecular weight is 262 g/mol. The van der Waals surface area contributed by atoms with Gasteiger partial charge in [-0.05, 0) is 12.1 Å². The van der Waals surface area contributed by atoms with Crippen molar-refractivity contribution >= 4 is 35.0 Å². The van der Waals surface area contributed by atoms with Crippen LogP contribution in [0.5, 0.6) is 0 Å². The fraction of sp³-hybridized carbons (Fsp3) is 0.222. The normalized spacial score (nSPS) is 10.1. The van der Waals surface area contributed by atoms with Crippen molar-refractivity contribution < 1.29 is 14.8 Å². The first kappa shape index (κ1) is 12.8. The summed E-state index contributed by atoms with van der Waals surface area (Å²) in [4.78, 5) is 20.5. The minimum Gasteiger partial charge on any atom is -0.481 e. The lowest BCUT2D eigenvalue weighted by Crippen LogP contribution is -1.99. The zero-order valence-electron chi connectivity index (χ0n) is 8.05. The van der Waals surface area contributed by atoms with Crippen molar-refractivity contribution in [1.82, 2.24) is 0 Å². The molecule has 0 radical (unpaired) electrons. The van der Waals surface area contributed by atoms with E-state index < -0.39 is 10.9 Å². The van der Waals surface area contributed by atoms with Crippen LogP contribution in [0.15, 0.2) is 18.2 Å². The maximum atomic E-state index is 10.7. The summed E-state index contributed by atoms with van der Waals surface area (Å²) in [5.74, 6) is -0.790. The van der Waals surface area contributed by atoms with Crippen LogP contribution in [0, 0.1) is 10.1 Å². The van der Waals surface area contributed by atoms with Crippen LogP contribution in [-0.4, -0.2) is 21.8 Å². The number of nitrogens with zero attached hydrogens (tertiary/aromatic N) is 1. The first-order valence-electron chi connectivity index (χ1n) is 4.23. The molecule has 0 bridgehead atoms. The lowest BCUT2D eigenvalue weighted by atomic mass is 10.2. The van der Waals surface area contributed by atoms with Crippen LogP contribution in [0.1, 0.15) is 5.56 Å². The molecule has 0 aliphatic heterocycles. The van der Waals surface area contributed by atoms with E-state index in [1.54, 1.807) is 0 Å². The average Bonchev–Trinajstić information content (AvgIpc) is 2.16. The van der Waals surface area contributed by atoms with E-state index in [-0.39, 0.29) is 17.2 Å². The molecule has 7 heteroatoms. The molecule has 1 N–H and O–H groups in total. The smallest absolute Gasteiger partial charge is 0.313 e. The Hall–Kier alpha value is -1.27. The molecule has 0 atom stereocenters. The monoisotopic (exact) mass is 261 g/mol. The van der Waals surface area contributed by atoms with Gasteiger partial charge in [0, 0.05) is 22.4 Å². The molecule has 0 heterocycles. The molecule has 0 aliphatic rings. The molecule has 5 nitrogen and oxygen atoms in total. The Bertz CT molecular complexity index is 424. The Kier molecular flexibility index (Phi) is 4.57. The van der Waals surface area contributed by atoms with Gasteiger partial charge in [0.1, 0.15) is 0 Å². The molecule has 0 unspecified atom stereocenters. The second kappa shape index (κ2) is 5.72. The maximum absolute atomic E-state index is 10.7. The summed E-state index contributed by atoms with van der Waals surface area (Å²) < 4.78 is 0. The summed E-state index contributed by atoms with van der Waals surface area (Å²) in [6.45, 7) is 0. The molecule has 86 valence electrons. The van der Waals surface area contributed by atoms with E-state index in [0.717, 1.165) is 11.8 Å². The van der Waals surface area contributed by atoms with E-state index >= 15 is 0 Å². The Morgan fingerprint density at radius 3 is 2.81 bits per heavy atom. The minimum absolute atomic E-state index is 0.0395. The van der Waals surface area contributed by atoms with E-state index in [1.165, 1.54) is 18.2 Å². The van der Waals surface area contributed by atoms with E-state index in [0.29, 0.717) is 10.6 Å². The summed E-state index contributed by atoms with van der Waals surface area (Å²) in [5.41, 5.74) is 0.394. The number of carboxylic acid groups (broad SMARTS) is 1. The van der Waals surface area contributed by atoms with E-state index in [1.807, 2.05) is 0 Å². The third kappa shape index (κ3) is 3.71. The van der Waals surface area contributed by atoms with Crippen LogP contribution < -0.4 is 0 Å². The molecule has 0 aromatic heterocycles. The Labute approximate surface area is 101 Å². The number of benzene rings is 1.